The minimum Gasteiger partial charge on any atom is -0.493 e. The summed E-state index contributed by atoms with van der Waals surface area (Å²) in [6, 6.07) is 11.3. The number of hydroxylamine groups is 1. The molecule has 2 rings (SSSR count). The van der Waals surface area contributed by atoms with E-state index in [0.29, 0.717) is 30.2 Å². The van der Waals surface area contributed by atoms with Crippen LogP contribution in [0.3, 0.4) is 0 Å². The minimum absolute atomic E-state index is 0.0429. The van der Waals surface area contributed by atoms with Gasteiger partial charge in [0.2, 0.25) is 0 Å². The second-order valence-electron chi connectivity index (χ2n) is 6.13. The number of rotatable bonds is 9. The maximum Gasteiger partial charge on any atom is 0.264 e. The van der Waals surface area contributed by atoms with Crippen LogP contribution in [-0.4, -0.2) is 58.6 Å². The summed E-state index contributed by atoms with van der Waals surface area (Å²) in [5, 5.41) is 0. The van der Waals surface area contributed by atoms with Crippen molar-refractivity contribution in [2.45, 2.75) is 18.4 Å². The molecule has 29 heavy (non-hydrogen) atoms. The van der Waals surface area contributed by atoms with Crippen LogP contribution in [-0.2, 0) is 21.4 Å². The number of carbonyl (C=O) groups is 1. The summed E-state index contributed by atoms with van der Waals surface area (Å²) >= 11 is 0. The number of amides is 1. The van der Waals surface area contributed by atoms with Gasteiger partial charge >= 0.3 is 0 Å². The van der Waals surface area contributed by atoms with E-state index >= 15 is 0 Å². The van der Waals surface area contributed by atoms with Crippen molar-refractivity contribution in [3.63, 3.8) is 0 Å². The molecule has 0 bridgehead atoms. The predicted octanol–water partition coefficient (Wildman–Crippen LogP) is 2.55. The van der Waals surface area contributed by atoms with Gasteiger partial charge in [-0.1, -0.05) is 10.5 Å². The second-order valence-corrected chi connectivity index (χ2v) is 8.07. The van der Waals surface area contributed by atoms with Gasteiger partial charge in [-0.3, -0.25) is 9.63 Å². The van der Waals surface area contributed by atoms with Crippen molar-refractivity contribution in [3.05, 3.63) is 53.6 Å². The summed E-state index contributed by atoms with van der Waals surface area (Å²) in [6.07, 6.45) is 0. The fourth-order valence-electron chi connectivity index (χ4n) is 2.73. The summed E-state index contributed by atoms with van der Waals surface area (Å²) in [7, 11) is 1.93. The first-order valence-electron chi connectivity index (χ1n) is 8.91. The number of nitrogens with zero attached hydrogens (tertiary/aromatic N) is 2. The van der Waals surface area contributed by atoms with E-state index in [1.165, 1.54) is 38.4 Å². The topological polar surface area (TPSA) is 85.4 Å². The van der Waals surface area contributed by atoms with Crippen LogP contribution >= 0.6 is 0 Å². The van der Waals surface area contributed by atoms with E-state index in [-0.39, 0.29) is 10.8 Å². The predicted molar refractivity (Wildman–Crippen MR) is 108 cm³/mol. The summed E-state index contributed by atoms with van der Waals surface area (Å²) < 4.78 is 35.9. The number of hydrogen-bond acceptors (Lipinski definition) is 6. The molecule has 0 radical (unpaired) electrons. The SMILES string of the molecule is CCN(Cc1ccc(OC)c(OC)c1)C(=O)c1ccc(S(=O)(=O)N(C)OC)cc1. The first-order chi connectivity index (χ1) is 13.8. The summed E-state index contributed by atoms with van der Waals surface area (Å²) in [5.41, 5.74) is 1.28. The Labute approximate surface area is 171 Å². The van der Waals surface area contributed by atoms with Crippen LogP contribution < -0.4 is 9.47 Å². The molecule has 0 spiro atoms. The highest BCUT2D eigenvalue weighted by Gasteiger charge is 2.22. The number of benzene rings is 2. The molecular weight excluding hydrogens is 396 g/mol. The van der Waals surface area contributed by atoms with Crippen molar-refractivity contribution < 1.29 is 27.5 Å². The van der Waals surface area contributed by atoms with Gasteiger partial charge in [-0.05, 0) is 48.9 Å². The van der Waals surface area contributed by atoms with Crippen LogP contribution in [0, 0.1) is 0 Å². The van der Waals surface area contributed by atoms with E-state index in [9.17, 15) is 13.2 Å². The Morgan fingerprint density at radius 1 is 0.966 bits per heavy atom. The van der Waals surface area contributed by atoms with Gasteiger partial charge in [0.25, 0.3) is 15.9 Å². The van der Waals surface area contributed by atoms with Crippen LogP contribution in [0.5, 0.6) is 11.5 Å². The fourth-order valence-corrected chi connectivity index (χ4v) is 3.70. The standard InChI is InChI=1S/C20H26N2O6S/c1-6-22(14-15-7-12-18(26-3)19(13-15)27-4)20(23)16-8-10-17(11-9-16)29(24,25)21(2)28-5/h7-13H,6,14H2,1-5H3. The average molecular weight is 423 g/mol. The summed E-state index contributed by atoms with van der Waals surface area (Å²) in [5.74, 6) is 1.00. The fraction of sp³-hybridized carbons (Fsp3) is 0.350. The van der Waals surface area contributed by atoms with Gasteiger partial charge in [-0.2, -0.15) is 0 Å². The van der Waals surface area contributed by atoms with Crippen molar-refractivity contribution in [3.8, 4) is 11.5 Å². The van der Waals surface area contributed by atoms with E-state index in [4.69, 9.17) is 14.3 Å². The van der Waals surface area contributed by atoms with Gasteiger partial charge in [0.15, 0.2) is 11.5 Å². The summed E-state index contributed by atoms with van der Waals surface area (Å²) in [4.78, 5) is 19.4. The third-order valence-electron chi connectivity index (χ3n) is 4.49. The number of carbonyl (C=O) groups excluding carboxylic acids is 1. The normalized spacial score (nSPS) is 11.4. The molecule has 1 amide bonds. The van der Waals surface area contributed by atoms with Crippen LogP contribution in [0.1, 0.15) is 22.8 Å². The van der Waals surface area contributed by atoms with Gasteiger partial charge < -0.3 is 14.4 Å². The van der Waals surface area contributed by atoms with Gasteiger partial charge in [0, 0.05) is 25.7 Å². The zero-order valence-corrected chi connectivity index (χ0v) is 18.0. The third-order valence-corrected chi connectivity index (χ3v) is 6.18. The molecule has 0 aliphatic carbocycles. The van der Waals surface area contributed by atoms with Crippen LogP contribution in [0.2, 0.25) is 0 Å². The monoisotopic (exact) mass is 422 g/mol. The molecule has 2 aromatic rings. The van der Waals surface area contributed by atoms with E-state index < -0.39 is 10.0 Å². The Kier molecular flexibility index (Phi) is 7.60. The number of ether oxygens (including phenoxy) is 2. The molecule has 0 aromatic heterocycles. The first-order valence-corrected chi connectivity index (χ1v) is 10.4. The molecule has 2 aromatic carbocycles. The molecule has 158 valence electrons. The Morgan fingerprint density at radius 3 is 2.10 bits per heavy atom. The van der Waals surface area contributed by atoms with Crippen LogP contribution in [0.15, 0.2) is 47.4 Å². The first kappa shape index (κ1) is 22.7. The minimum atomic E-state index is -3.76. The Balaban J connectivity index is 2.21. The number of hydrogen-bond donors (Lipinski definition) is 0. The molecule has 0 atom stereocenters. The molecule has 0 saturated carbocycles. The van der Waals surface area contributed by atoms with Crippen molar-refractivity contribution in [1.82, 2.24) is 9.37 Å². The van der Waals surface area contributed by atoms with E-state index in [0.717, 1.165) is 10.0 Å². The van der Waals surface area contributed by atoms with Crippen LogP contribution in [0.25, 0.3) is 0 Å². The lowest BCUT2D eigenvalue weighted by Crippen LogP contribution is -2.30. The number of sulfonamides is 1. The molecule has 8 nitrogen and oxygen atoms in total. The molecule has 0 aliphatic rings. The lowest BCUT2D eigenvalue weighted by molar-refractivity contribution is -0.0258. The van der Waals surface area contributed by atoms with Crippen molar-refractivity contribution in [2.24, 2.45) is 0 Å². The third kappa shape index (κ3) is 5.06. The highest BCUT2D eigenvalue weighted by Crippen LogP contribution is 2.28. The molecule has 0 heterocycles. The zero-order valence-electron chi connectivity index (χ0n) is 17.2. The average Bonchev–Trinajstić information content (AvgIpc) is 2.76. The molecule has 0 aliphatic heterocycles. The molecular formula is C20H26N2O6S. The lowest BCUT2D eigenvalue weighted by Gasteiger charge is -2.22. The van der Waals surface area contributed by atoms with Gasteiger partial charge in [0.05, 0.1) is 26.2 Å². The summed E-state index contributed by atoms with van der Waals surface area (Å²) in [6.45, 7) is 2.74. The molecule has 0 fully saturated rings. The maximum atomic E-state index is 12.9. The van der Waals surface area contributed by atoms with Crippen LogP contribution in [0.4, 0.5) is 0 Å². The highest BCUT2D eigenvalue weighted by molar-refractivity contribution is 7.89. The Bertz CT molecular complexity index is 944. The van der Waals surface area contributed by atoms with Crippen molar-refractivity contribution in [1.29, 1.82) is 0 Å². The lowest BCUT2D eigenvalue weighted by atomic mass is 10.1. The maximum absolute atomic E-state index is 12.9. The molecule has 9 heteroatoms. The largest absolute Gasteiger partial charge is 0.493 e. The highest BCUT2D eigenvalue weighted by atomic mass is 32.2. The number of methoxy groups -OCH3 is 2. The molecule has 0 unspecified atom stereocenters. The van der Waals surface area contributed by atoms with Crippen molar-refractivity contribution >= 4 is 15.9 Å². The van der Waals surface area contributed by atoms with Crippen molar-refractivity contribution in [2.75, 3.05) is 34.9 Å². The smallest absolute Gasteiger partial charge is 0.264 e. The van der Waals surface area contributed by atoms with E-state index in [1.807, 2.05) is 19.1 Å². The van der Waals surface area contributed by atoms with Gasteiger partial charge in [0.1, 0.15) is 0 Å². The zero-order chi connectivity index (χ0) is 21.6. The van der Waals surface area contributed by atoms with E-state index in [2.05, 4.69) is 0 Å². The van der Waals surface area contributed by atoms with E-state index in [1.54, 1.807) is 25.2 Å². The van der Waals surface area contributed by atoms with Gasteiger partial charge in [-0.25, -0.2) is 8.42 Å². The quantitative estimate of drug-likeness (QED) is 0.578. The molecule has 0 N–H and O–H groups in total. The second kappa shape index (κ2) is 9.73. The molecule has 0 saturated heterocycles. The Hall–Kier alpha value is -2.62. The Morgan fingerprint density at radius 2 is 1.59 bits per heavy atom. The van der Waals surface area contributed by atoms with Gasteiger partial charge in [-0.15, -0.1) is 0 Å².